The molecule has 0 amide bonds. The lowest BCUT2D eigenvalue weighted by atomic mass is 9.93. The summed E-state index contributed by atoms with van der Waals surface area (Å²) in [6, 6.07) is 4.97. The molecule has 0 atom stereocenters. The molecule has 0 aliphatic heterocycles. The molecule has 2 nitrogen and oxygen atoms in total. The highest BCUT2D eigenvalue weighted by Gasteiger charge is 2.18. The van der Waals surface area contributed by atoms with Gasteiger partial charge in [-0.2, -0.15) is 0 Å². The molecule has 0 aliphatic carbocycles. The minimum Gasteiger partial charge on any atom is -0.330 e. The minimum atomic E-state index is -0.208. The van der Waals surface area contributed by atoms with Crippen molar-refractivity contribution in [3.8, 4) is 0 Å². The maximum Gasteiger partial charge on any atom is 0.124 e. The van der Waals surface area contributed by atoms with Crippen molar-refractivity contribution in [2.75, 3.05) is 20.1 Å². The number of hydrogen-bond donors (Lipinski definition) is 1. The van der Waals surface area contributed by atoms with E-state index >= 15 is 0 Å². The fourth-order valence-electron chi connectivity index (χ4n) is 1.87. The first-order valence-corrected chi connectivity index (χ1v) is 6.45. The van der Waals surface area contributed by atoms with Crippen LogP contribution in [0.1, 0.15) is 19.4 Å². The summed E-state index contributed by atoms with van der Waals surface area (Å²) in [5.41, 5.74) is 6.75. The van der Waals surface area contributed by atoms with Crippen LogP contribution in [-0.4, -0.2) is 25.0 Å². The Kier molecular flexibility index (Phi) is 5.10. The first-order valence-electron chi connectivity index (χ1n) is 5.66. The highest BCUT2D eigenvalue weighted by molar-refractivity contribution is 9.10. The van der Waals surface area contributed by atoms with Crippen LogP contribution in [0.2, 0.25) is 0 Å². The molecule has 0 bridgehead atoms. The summed E-state index contributed by atoms with van der Waals surface area (Å²) in [4.78, 5) is 2.16. The van der Waals surface area contributed by atoms with Gasteiger partial charge < -0.3 is 10.6 Å². The fourth-order valence-corrected chi connectivity index (χ4v) is 2.38. The van der Waals surface area contributed by atoms with Gasteiger partial charge in [-0.1, -0.05) is 29.8 Å². The summed E-state index contributed by atoms with van der Waals surface area (Å²) in [6.45, 7) is 6.51. The molecule has 4 heteroatoms. The quantitative estimate of drug-likeness (QED) is 0.906. The maximum atomic E-state index is 13.2. The monoisotopic (exact) mass is 302 g/mol. The van der Waals surface area contributed by atoms with Crippen molar-refractivity contribution in [3.05, 3.63) is 34.1 Å². The number of halogens is 2. The van der Waals surface area contributed by atoms with Crippen molar-refractivity contribution in [2.45, 2.75) is 20.4 Å². The van der Waals surface area contributed by atoms with Crippen molar-refractivity contribution < 1.29 is 4.39 Å². The molecule has 0 aromatic heterocycles. The van der Waals surface area contributed by atoms with Gasteiger partial charge in [0.1, 0.15) is 5.82 Å². The highest BCUT2D eigenvalue weighted by Crippen LogP contribution is 2.18. The fraction of sp³-hybridized carbons (Fsp3) is 0.538. The minimum absolute atomic E-state index is 0.0826. The highest BCUT2D eigenvalue weighted by atomic mass is 79.9. The van der Waals surface area contributed by atoms with Crippen LogP contribution < -0.4 is 5.73 Å². The third-order valence-electron chi connectivity index (χ3n) is 2.63. The Bertz CT molecular complexity index is 359. The molecule has 0 unspecified atom stereocenters. The molecular weight excluding hydrogens is 283 g/mol. The van der Waals surface area contributed by atoms with Gasteiger partial charge in [-0.15, -0.1) is 0 Å². The molecule has 2 N–H and O–H groups in total. The molecular formula is C13H20BrFN2. The van der Waals surface area contributed by atoms with Gasteiger partial charge in [0.2, 0.25) is 0 Å². The Morgan fingerprint density at radius 3 is 2.53 bits per heavy atom. The molecule has 17 heavy (non-hydrogen) atoms. The van der Waals surface area contributed by atoms with E-state index in [1.54, 1.807) is 6.07 Å². The van der Waals surface area contributed by atoms with E-state index in [4.69, 9.17) is 5.73 Å². The Morgan fingerprint density at radius 2 is 2.00 bits per heavy atom. The lowest BCUT2D eigenvalue weighted by molar-refractivity contribution is 0.209. The van der Waals surface area contributed by atoms with Crippen LogP contribution in [0.15, 0.2) is 22.7 Å². The summed E-state index contributed by atoms with van der Waals surface area (Å²) in [5, 5.41) is 0. The van der Waals surface area contributed by atoms with E-state index in [2.05, 4.69) is 34.7 Å². The predicted molar refractivity (Wildman–Crippen MR) is 73.3 cm³/mol. The smallest absolute Gasteiger partial charge is 0.124 e. The molecule has 0 radical (unpaired) electrons. The van der Waals surface area contributed by atoms with Gasteiger partial charge in [0.15, 0.2) is 0 Å². The normalized spacial score (nSPS) is 12.2. The second-order valence-corrected chi connectivity index (χ2v) is 6.23. The Morgan fingerprint density at radius 1 is 1.35 bits per heavy atom. The van der Waals surface area contributed by atoms with Crippen LogP contribution in [0.5, 0.6) is 0 Å². The molecule has 1 aromatic carbocycles. The van der Waals surface area contributed by atoms with Gasteiger partial charge >= 0.3 is 0 Å². The zero-order chi connectivity index (χ0) is 13.1. The van der Waals surface area contributed by atoms with Gasteiger partial charge in [-0.25, -0.2) is 4.39 Å². The van der Waals surface area contributed by atoms with E-state index in [0.717, 1.165) is 23.1 Å². The van der Waals surface area contributed by atoms with Crippen molar-refractivity contribution in [1.82, 2.24) is 4.90 Å². The molecule has 0 saturated heterocycles. The van der Waals surface area contributed by atoms with Crippen molar-refractivity contribution in [1.29, 1.82) is 0 Å². The zero-order valence-electron chi connectivity index (χ0n) is 10.6. The second kappa shape index (κ2) is 5.94. The number of rotatable bonds is 5. The van der Waals surface area contributed by atoms with Crippen LogP contribution in [0, 0.1) is 11.2 Å². The summed E-state index contributed by atoms with van der Waals surface area (Å²) in [5.74, 6) is -0.208. The molecule has 1 rings (SSSR count). The molecule has 0 saturated carbocycles. The summed E-state index contributed by atoms with van der Waals surface area (Å²) in [7, 11) is 2.02. The van der Waals surface area contributed by atoms with Crippen LogP contribution in [-0.2, 0) is 6.54 Å². The topological polar surface area (TPSA) is 29.3 Å². The van der Waals surface area contributed by atoms with Crippen LogP contribution in [0.3, 0.4) is 0 Å². The van der Waals surface area contributed by atoms with Crippen molar-refractivity contribution in [3.63, 3.8) is 0 Å². The summed E-state index contributed by atoms with van der Waals surface area (Å²) < 4.78 is 14.0. The molecule has 0 fully saturated rings. The Labute approximate surface area is 111 Å². The number of nitrogens with zero attached hydrogens (tertiary/aromatic N) is 1. The third kappa shape index (κ3) is 5.15. The van der Waals surface area contributed by atoms with E-state index in [-0.39, 0.29) is 11.2 Å². The Balaban J connectivity index is 2.65. The van der Waals surface area contributed by atoms with Crippen LogP contribution in [0.4, 0.5) is 4.39 Å². The second-order valence-electron chi connectivity index (χ2n) is 5.32. The average molecular weight is 303 g/mol. The SMILES string of the molecule is CN(Cc1cc(F)cc(Br)c1)CC(C)(C)CN. The lowest BCUT2D eigenvalue weighted by Gasteiger charge is -2.29. The first kappa shape index (κ1) is 14.6. The van der Waals surface area contributed by atoms with E-state index in [1.165, 1.54) is 6.07 Å². The number of nitrogens with two attached hydrogens (primary N) is 1. The van der Waals surface area contributed by atoms with E-state index < -0.39 is 0 Å². The lowest BCUT2D eigenvalue weighted by Crippen LogP contribution is -2.36. The summed E-state index contributed by atoms with van der Waals surface area (Å²) in [6.07, 6.45) is 0. The largest absolute Gasteiger partial charge is 0.330 e. The molecule has 96 valence electrons. The number of hydrogen-bond acceptors (Lipinski definition) is 2. The van der Waals surface area contributed by atoms with Crippen LogP contribution >= 0.6 is 15.9 Å². The number of benzene rings is 1. The van der Waals surface area contributed by atoms with Crippen LogP contribution in [0.25, 0.3) is 0 Å². The zero-order valence-corrected chi connectivity index (χ0v) is 12.2. The molecule has 0 aliphatic rings. The van der Waals surface area contributed by atoms with Crippen molar-refractivity contribution >= 4 is 15.9 Å². The van der Waals surface area contributed by atoms with Gasteiger partial charge in [0.05, 0.1) is 0 Å². The molecule has 0 heterocycles. The average Bonchev–Trinajstić information content (AvgIpc) is 2.14. The van der Waals surface area contributed by atoms with Gasteiger partial charge in [-0.3, -0.25) is 0 Å². The van der Waals surface area contributed by atoms with Gasteiger partial charge in [0.25, 0.3) is 0 Å². The van der Waals surface area contributed by atoms with E-state index in [9.17, 15) is 4.39 Å². The Hall–Kier alpha value is -0.450. The first-order chi connectivity index (χ1) is 7.82. The summed E-state index contributed by atoms with van der Waals surface area (Å²) >= 11 is 3.30. The maximum absolute atomic E-state index is 13.2. The molecule has 0 spiro atoms. The van der Waals surface area contributed by atoms with Gasteiger partial charge in [0, 0.05) is 17.6 Å². The standard InChI is InChI=1S/C13H20BrFN2/c1-13(2,8-16)9-17(3)7-10-4-11(14)6-12(15)5-10/h4-6H,7-9,16H2,1-3H3. The third-order valence-corrected chi connectivity index (χ3v) is 3.08. The van der Waals surface area contributed by atoms with E-state index in [1.807, 2.05) is 13.1 Å². The van der Waals surface area contributed by atoms with Gasteiger partial charge in [-0.05, 0) is 42.8 Å². The van der Waals surface area contributed by atoms with E-state index in [0.29, 0.717) is 6.54 Å². The van der Waals surface area contributed by atoms with Crippen molar-refractivity contribution in [2.24, 2.45) is 11.1 Å². The predicted octanol–water partition coefficient (Wildman–Crippen LogP) is 3.00. The molecule has 1 aromatic rings.